The van der Waals surface area contributed by atoms with Crippen molar-refractivity contribution in [3.63, 3.8) is 0 Å². The largest absolute Gasteiger partial charge is 0.481 e. The number of carbonyl (C=O) groups excluding carboxylic acids is 1. The molecular formula is C15H23N5Na2O14P2. The van der Waals surface area contributed by atoms with E-state index in [1.807, 2.05) is 0 Å². The number of imidazole rings is 1. The quantitative estimate of drug-likeness (QED) is 0.0646. The van der Waals surface area contributed by atoms with Crippen molar-refractivity contribution >= 4 is 98.0 Å². The van der Waals surface area contributed by atoms with Gasteiger partial charge in [-0.25, -0.2) is 24.1 Å². The van der Waals surface area contributed by atoms with Gasteiger partial charge >= 0.3 is 15.6 Å². The second-order valence-electron chi connectivity index (χ2n) is 7.42. The number of hydrogen-bond donors (Lipinski definition) is 8. The zero-order valence-electron chi connectivity index (χ0n) is 19.9. The van der Waals surface area contributed by atoms with Crippen LogP contribution in [0, 0.1) is 0 Å². The minimum absolute atomic E-state index is 0. The van der Waals surface area contributed by atoms with Gasteiger partial charge in [-0.1, -0.05) is 0 Å². The van der Waals surface area contributed by atoms with Crippen LogP contribution in [-0.4, -0.2) is 170 Å². The molecule has 1 saturated heterocycles. The first kappa shape index (κ1) is 36.1. The van der Waals surface area contributed by atoms with Crippen LogP contribution in [0.3, 0.4) is 0 Å². The number of aliphatic hydroxyl groups excluding tert-OH is 5. The fourth-order valence-electron chi connectivity index (χ4n) is 3.08. The maximum Gasteiger partial charge on any atom is 0.481 e. The molecule has 0 aromatic carbocycles. The Morgan fingerprint density at radius 3 is 2.34 bits per heavy atom. The van der Waals surface area contributed by atoms with Crippen LogP contribution in [0.4, 0.5) is 5.82 Å². The number of carbonyl (C=O) groups is 1. The molecule has 0 bridgehead atoms. The molecule has 3 heterocycles. The van der Waals surface area contributed by atoms with Gasteiger partial charge in [0.15, 0.2) is 24.0 Å². The molecule has 23 heteroatoms. The summed E-state index contributed by atoms with van der Waals surface area (Å²) in [7, 11) is -10.8. The van der Waals surface area contributed by atoms with Crippen molar-refractivity contribution in [2.24, 2.45) is 0 Å². The van der Waals surface area contributed by atoms with Gasteiger partial charge in [0.25, 0.3) is 0 Å². The minimum Gasteiger partial charge on any atom is -0.388 e. The first-order chi connectivity index (χ1) is 16.8. The standard InChI is InChI=1S/C15H23N5O14P2.2Na/c16-13-9-14(18-4-17-13)20(5-19-9)15-12(26)11(25)8(33-15)3-32-36(29,30)34-35(27,28)31-2-7(23)10(24)6(22)1-21;;/h1,4-8,10-12,15,22-26H,2-3H2,(H,27,28)(H,29,30)(H2,16,17,18);;/t6-,7+,8+,10-,11+,12+,15+;;/m0../s1. The van der Waals surface area contributed by atoms with Crippen LogP contribution in [-0.2, 0) is 32.0 Å². The number of aliphatic hydroxyl groups is 5. The van der Waals surface area contributed by atoms with E-state index >= 15 is 0 Å². The number of phosphoric ester groups is 2. The van der Waals surface area contributed by atoms with E-state index in [0.717, 1.165) is 6.33 Å². The monoisotopic (exact) mass is 605 g/mol. The van der Waals surface area contributed by atoms with Gasteiger partial charge in [-0.05, 0) is 0 Å². The van der Waals surface area contributed by atoms with Crippen molar-refractivity contribution < 1.29 is 67.3 Å². The Kier molecular flexibility index (Phi) is 14.0. The van der Waals surface area contributed by atoms with E-state index in [9.17, 15) is 44.1 Å². The van der Waals surface area contributed by atoms with Gasteiger partial charge in [0, 0.05) is 59.1 Å². The number of rotatable bonds is 12. The van der Waals surface area contributed by atoms with E-state index in [4.69, 9.17) is 15.6 Å². The smallest absolute Gasteiger partial charge is 0.388 e. The Morgan fingerprint density at radius 1 is 1.08 bits per heavy atom. The zero-order valence-corrected chi connectivity index (χ0v) is 25.7. The third-order valence-electron chi connectivity index (χ3n) is 4.90. The van der Waals surface area contributed by atoms with Gasteiger partial charge in [-0.2, -0.15) is 4.31 Å². The van der Waals surface area contributed by atoms with E-state index in [-0.39, 0.29) is 82.4 Å². The third-order valence-corrected chi connectivity index (χ3v) is 7.50. The molecule has 2 aromatic heterocycles. The molecular weight excluding hydrogens is 582 g/mol. The van der Waals surface area contributed by atoms with E-state index in [1.165, 1.54) is 10.9 Å². The van der Waals surface area contributed by atoms with Crippen molar-refractivity contribution in [1.82, 2.24) is 19.5 Å². The first-order valence-electron chi connectivity index (χ1n) is 9.86. The SMILES string of the molecule is Nc1ncnc2c1ncn2[C@@H]1O[C@H](COP(=O)(O)OP(=O)(O)OC[C@@H](O)[C@@H](O)[C@@H](O)C=O)[C@@H](O)[C@H]1O.[Na].[Na]. The van der Waals surface area contributed by atoms with Crippen LogP contribution < -0.4 is 5.73 Å². The van der Waals surface area contributed by atoms with Crippen LogP contribution in [0.2, 0.25) is 0 Å². The molecule has 9 N–H and O–H groups in total. The number of hydrogen-bond acceptors (Lipinski definition) is 16. The number of fused-ring (bicyclic) bond motifs is 1. The van der Waals surface area contributed by atoms with E-state index in [0.29, 0.717) is 0 Å². The Morgan fingerprint density at radius 2 is 1.71 bits per heavy atom. The molecule has 1 aliphatic rings. The van der Waals surface area contributed by atoms with Crippen molar-refractivity contribution in [3.8, 4) is 0 Å². The number of aldehydes is 1. The second kappa shape index (κ2) is 14.8. The molecule has 0 saturated carbocycles. The molecule has 0 aliphatic carbocycles. The van der Waals surface area contributed by atoms with Crippen molar-refractivity contribution in [3.05, 3.63) is 12.7 Å². The molecule has 38 heavy (non-hydrogen) atoms. The molecule has 9 atom stereocenters. The average molecular weight is 605 g/mol. The first-order valence-corrected chi connectivity index (χ1v) is 12.9. The predicted octanol–water partition coefficient (Wildman–Crippen LogP) is -4.20. The summed E-state index contributed by atoms with van der Waals surface area (Å²) in [5, 5.41) is 48.7. The summed E-state index contributed by atoms with van der Waals surface area (Å²) in [5.41, 5.74) is 6.04. The molecule has 2 aromatic rings. The van der Waals surface area contributed by atoms with Crippen molar-refractivity contribution in [2.75, 3.05) is 18.9 Å². The minimum atomic E-state index is -5.39. The summed E-state index contributed by atoms with van der Waals surface area (Å²) < 4.78 is 43.5. The van der Waals surface area contributed by atoms with E-state index < -0.39 is 71.7 Å². The van der Waals surface area contributed by atoms with E-state index in [2.05, 4.69) is 28.3 Å². The summed E-state index contributed by atoms with van der Waals surface area (Å²) in [5.74, 6) is 0.0441. The number of anilines is 1. The van der Waals surface area contributed by atoms with Crippen molar-refractivity contribution in [2.45, 2.75) is 42.9 Å². The normalized spacial score (nSPS) is 26.8. The number of nitrogens with zero attached hydrogens (tertiary/aromatic N) is 4. The number of phosphoric acid groups is 2. The topological polar surface area (TPSA) is 299 Å². The molecule has 1 aliphatic heterocycles. The second-order valence-corrected chi connectivity index (χ2v) is 10.5. The van der Waals surface area contributed by atoms with E-state index in [1.54, 1.807) is 0 Å². The fourth-order valence-corrected chi connectivity index (χ4v) is 5.17. The zero-order chi connectivity index (χ0) is 26.8. The van der Waals surface area contributed by atoms with Gasteiger partial charge in [-0.15, -0.1) is 0 Å². The fraction of sp³-hybridized carbons (Fsp3) is 0.600. The van der Waals surface area contributed by atoms with Gasteiger partial charge in [-0.3, -0.25) is 13.6 Å². The maximum atomic E-state index is 12.1. The molecule has 1 fully saturated rings. The molecule has 19 nitrogen and oxygen atoms in total. The summed E-state index contributed by atoms with van der Waals surface area (Å²) >= 11 is 0. The maximum absolute atomic E-state index is 12.1. The molecule has 2 unspecified atom stereocenters. The Bertz CT molecular complexity index is 1180. The van der Waals surface area contributed by atoms with Gasteiger partial charge in [0.2, 0.25) is 0 Å². The van der Waals surface area contributed by atoms with Crippen LogP contribution >= 0.6 is 15.6 Å². The summed E-state index contributed by atoms with van der Waals surface area (Å²) in [6.07, 6.45) is -9.91. The Balaban J connectivity index is 0.00000361. The molecule has 0 spiro atoms. The molecule has 0 amide bonds. The number of aromatic nitrogens is 4. The van der Waals surface area contributed by atoms with Crippen molar-refractivity contribution in [1.29, 1.82) is 0 Å². The van der Waals surface area contributed by atoms with Gasteiger partial charge in [0.1, 0.15) is 48.5 Å². The van der Waals surface area contributed by atoms with Crippen LogP contribution in [0.5, 0.6) is 0 Å². The Labute approximate surface area is 257 Å². The number of nitrogens with two attached hydrogens (primary N) is 1. The number of ether oxygens (including phenoxy) is 1. The summed E-state index contributed by atoms with van der Waals surface area (Å²) in [6.45, 7) is -2.11. The molecule has 2 radical (unpaired) electrons. The van der Waals surface area contributed by atoms with Gasteiger partial charge in [0.05, 0.1) is 19.5 Å². The predicted molar refractivity (Wildman–Crippen MR) is 124 cm³/mol. The average Bonchev–Trinajstić information content (AvgIpc) is 3.36. The molecule has 3 rings (SSSR count). The third kappa shape index (κ3) is 8.77. The van der Waals surface area contributed by atoms with Crippen LogP contribution in [0.25, 0.3) is 11.2 Å². The van der Waals surface area contributed by atoms with Crippen LogP contribution in [0.15, 0.2) is 12.7 Å². The molecule has 204 valence electrons. The van der Waals surface area contributed by atoms with Gasteiger partial charge < -0.3 is 50.6 Å². The Hall–Kier alpha value is 0.0400. The van der Waals surface area contributed by atoms with Crippen LogP contribution in [0.1, 0.15) is 6.23 Å². The summed E-state index contributed by atoms with van der Waals surface area (Å²) in [6, 6.07) is 0. The number of nitrogen functional groups attached to an aromatic ring is 1. The summed E-state index contributed by atoms with van der Waals surface area (Å²) in [4.78, 5) is 41.4.